The van der Waals surface area contributed by atoms with Crippen LogP contribution in [0.3, 0.4) is 0 Å². The van der Waals surface area contributed by atoms with E-state index in [0.717, 1.165) is 11.4 Å². The molecule has 1 atom stereocenters. The van der Waals surface area contributed by atoms with Crippen molar-refractivity contribution in [1.29, 1.82) is 0 Å². The van der Waals surface area contributed by atoms with E-state index in [9.17, 15) is 9.59 Å². The van der Waals surface area contributed by atoms with Gasteiger partial charge in [-0.2, -0.15) is 0 Å². The van der Waals surface area contributed by atoms with Gasteiger partial charge in [0.2, 0.25) is 11.8 Å². The lowest BCUT2D eigenvalue weighted by molar-refractivity contribution is -0.156. The number of amides is 2. The molecule has 108 valence electrons. The summed E-state index contributed by atoms with van der Waals surface area (Å²) in [6, 6.07) is -0.315. The lowest BCUT2D eigenvalue weighted by Gasteiger charge is -2.34. The molecule has 5 heteroatoms. The quantitative estimate of drug-likeness (QED) is 0.610. The lowest BCUT2D eigenvalue weighted by Crippen LogP contribution is -2.54. The minimum atomic E-state index is -0.530. The molecule has 2 aliphatic rings. The van der Waals surface area contributed by atoms with Crippen molar-refractivity contribution >= 4 is 11.8 Å². The molecular weight excluding hydrogens is 256 g/mol. The van der Waals surface area contributed by atoms with Crippen LogP contribution in [0.15, 0.2) is 36.0 Å². The SMILES string of the molecule is C=C/C=C\C1=C(C)CN(C2CCC(=O)N(CO)C2=O)C1. The molecular formula is C15H20N2O3. The molecule has 0 bridgehead atoms. The van der Waals surface area contributed by atoms with Crippen LogP contribution in [0.5, 0.6) is 0 Å². The first kappa shape index (κ1) is 14.7. The predicted octanol–water partition coefficient (Wildman–Crippen LogP) is 0.828. The summed E-state index contributed by atoms with van der Waals surface area (Å²) in [6.07, 6.45) is 6.45. The van der Waals surface area contributed by atoms with Gasteiger partial charge in [0.1, 0.15) is 6.73 Å². The summed E-state index contributed by atoms with van der Waals surface area (Å²) in [4.78, 5) is 26.8. The number of hydrogen-bond acceptors (Lipinski definition) is 4. The van der Waals surface area contributed by atoms with Gasteiger partial charge in [-0.05, 0) is 18.9 Å². The second-order valence-electron chi connectivity index (χ2n) is 5.16. The molecule has 0 aromatic heterocycles. The van der Waals surface area contributed by atoms with Gasteiger partial charge in [0.15, 0.2) is 0 Å². The maximum absolute atomic E-state index is 12.2. The maximum atomic E-state index is 12.2. The van der Waals surface area contributed by atoms with Gasteiger partial charge in [0.25, 0.3) is 0 Å². The van der Waals surface area contributed by atoms with Crippen molar-refractivity contribution < 1.29 is 14.7 Å². The third-order valence-corrected chi connectivity index (χ3v) is 3.86. The Hall–Kier alpha value is -1.72. The fraction of sp³-hybridized carbons (Fsp3) is 0.467. The van der Waals surface area contributed by atoms with Crippen LogP contribution in [0.25, 0.3) is 0 Å². The van der Waals surface area contributed by atoms with Crippen LogP contribution in [0.1, 0.15) is 19.8 Å². The van der Waals surface area contributed by atoms with Crippen molar-refractivity contribution in [2.75, 3.05) is 19.8 Å². The molecule has 1 fully saturated rings. The first-order chi connectivity index (χ1) is 9.58. The van der Waals surface area contributed by atoms with Crippen molar-refractivity contribution in [3.63, 3.8) is 0 Å². The van der Waals surface area contributed by atoms with Crippen LogP contribution in [-0.4, -0.2) is 52.6 Å². The zero-order chi connectivity index (χ0) is 14.7. The molecule has 0 saturated carbocycles. The molecule has 1 N–H and O–H groups in total. The number of hydrogen-bond donors (Lipinski definition) is 1. The van der Waals surface area contributed by atoms with Gasteiger partial charge in [-0.15, -0.1) is 0 Å². The molecule has 2 heterocycles. The number of carbonyl (C=O) groups excluding carboxylic acids is 2. The van der Waals surface area contributed by atoms with Gasteiger partial charge >= 0.3 is 0 Å². The molecule has 0 aliphatic carbocycles. The molecule has 2 amide bonds. The minimum absolute atomic E-state index is 0.287. The molecule has 0 aromatic carbocycles. The Morgan fingerprint density at radius 3 is 2.80 bits per heavy atom. The van der Waals surface area contributed by atoms with Crippen LogP contribution in [-0.2, 0) is 9.59 Å². The molecule has 20 heavy (non-hydrogen) atoms. The van der Waals surface area contributed by atoms with E-state index in [-0.39, 0.29) is 17.9 Å². The first-order valence-electron chi connectivity index (χ1n) is 6.75. The van der Waals surface area contributed by atoms with E-state index in [2.05, 4.69) is 11.5 Å². The number of aliphatic hydroxyl groups is 1. The van der Waals surface area contributed by atoms with Crippen molar-refractivity contribution in [2.24, 2.45) is 0 Å². The Labute approximate surface area is 118 Å². The molecule has 2 aliphatic heterocycles. The van der Waals surface area contributed by atoms with Gasteiger partial charge in [0.05, 0.1) is 6.04 Å². The predicted molar refractivity (Wildman–Crippen MR) is 75.6 cm³/mol. The molecule has 1 unspecified atom stereocenters. The number of likely N-dealkylation sites (tertiary alicyclic amines) is 1. The highest BCUT2D eigenvalue weighted by atomic mass is 16.3. The lowest BCUT2D eigenvalue weighted by atomic mass is 10.0. The van der Waals surface area contributed by atoms with Gasteiger partial charge < -0.3 is 5.11 Å². The second-order valence-corrected chi connectivity index (χ2v) is 5.16. The Kier molecular flexibility index (Phi) is 4.52. The first-order valence-corrected chi connectivity index (χ1v) is 6.75. The van der Waals surface area contributed by atoms with Crippen LogP contribution in [0.4, 0.5) is 0 Å². The highest BCUT2D eigenvalue weighted by molar-refractivity contribution is 6.00. The Morgan fingerprint density at radius 2 is 2.15 bits per heavy atom. The minimum Gasteiger partial charge on any atom is -0.376 e. The van der Waals surface area contributed by atoms with E-state index in [4.69, 9.17) is 5.11 Å². The van der Waals surface area contributed by atoms with E-state index in [1.54, 1.807) is 6.08 Å². The van der Waals surface area contributed by atoms with E-state index in [1.165, 1.54) is 11.1 Å². The van der Waals surface area contributed by atoms with E-state index in [1.807, 2.05) is 19.1 Å². The van der Waals surface area contributed by atoms with Crippen molar-refractivity contribution in [1.82, 2.24) is 9.80 Å². The monoisotopic (exact) mass is 276 g/mol. The van der Waals surface area contributed by atoms with Gasteiger partial charge in [-0.3, -0.25) is 19.4 Å². The number of aliphatic hydroxyl groups excluding tert-OH is 1. The average Bonchev–Trinajstić information content (AvgIpc) is 2.78. The van der Waals surface area contributed by atoms with Crippen molar-refractivity contribution in [2.45, 2.75) is 25.8 Å². The summed E-state index contributed by atoms with van der Waals surface area (Å²) in [6.45, 7) is 6.58. The fourth-order valence-electron chi connectivity index (χ4n) is 2.72. The average molecular weight is 276 g/mol. The zero-order valence-electron chi connectivity index (χ0n) is 11.7. The van der Waals surface area contributed by atoms with E-state index < -0.39 is 6.73 Å². The Bertz CT molecular complexity index is 493. The molecule has 0 radical (unpaired) electrons. The molecule has 5 nitrogen and oxygen atoms in total. The third-order valence-electron chi connectivity index (χ3n) is 3.86. The number of rotatable bonds is 4. The second kappa shape index (κ2) is 6.15. The summed E-state index contributed by atoms with van der Waals surface area (Å²) in [7, 11) is 0. The molecule has 0 spiro atoms. The van der Waals surface area contributed by atoms with E-state index in [0.29, 0.717) is 19.4 Å². The van der Waals surface area contributed by atoms with Crippen LogP contribution >= 0.6 is 0 Å². The number of piperidine rings is 1. The maximum Gasteiger partial charge on any atom is 0.248 e. The smallest absolute Gasteiger partial charge is 0.248 e. The summed E-state index contributed by atoms with van der Waals surface area (Å²) in [5.41, 5.74) is 2.41. The van der Waals surface area contributed by atoms with Gasteiger partial charge in [0, 0.05) is 19.5 Å². The van der Waals surface area contributed by atoms with Gasteiger partial charge in [-0.25, -0.2) is 0 Å². The number of allylic oxidation sites excluding steroid dienone is 2. The van der Waals surface area contributed by atoms with Gasteiger partial charge in [-0.1, -0.05) is 30.4 Å². The normalized spacial score (nSPS) is 25.1. The van der Waals surface area contributed by atoms with Crippen molar-refractivity contribution in [3.8, 4) is 0 Å². The highest BCUT2D eigenvalue weighted by Crippen LogP contribution is 2.25. The molecule has 2 rings (SSSR count). The van der Waals surface area contributed by atoms with Crippen molar-refractivity contribution in [3.05, 3.63) is 36.0 Å². The zero-order valence-corrected chi connectivity index (χ0v) is 11.7. The fourth-order valence-corrected chi connectivity index (χ4v) is 2.72. The summed E-state index contributed by atoms with van der Waals surface area (Å²) in [5, 5.41) is 9.15. The molecule has 0 aromatic rings. The summed E-state index contributed by atoms with van der Waals surface area (Å²) in [5.74, 6) is -0.574. The summed E-state index contributed by atoms with van der Waals surface area (Å²) < 4.78 is 0. The number of imide groups is 1. The standard InChI is InChI=1S/C15H20N2O3/c1-3-4-5-12-9-16(8-11(12)2)13-6-7-14(19)17(10-18)15(13)20/h3-5,13,18H,1,6-10H2,2H3/b5-4-. The van der Waals surface area contributed by atoms with Crippen LogP contribution in [0.2, 0.25) is 0 Å². The van der Waals surface area contributed by atoms with Crippen LogP contribution in [0, 0.1) is 0 Å². The summed E-state index contributed by atoms with van der Waals surface area (Å²) >= 11 is 0. The Morgan fingerprint density at radius 1 is 1.40 bits per heavy atom. The highest BCUT2D eigenvalue weighted by Gasteiger charge is 2.38. The largest absolute Gasteiger partial charge is 0.376 e. The molecule has 1 saturated heterocycles. The number of carbonyl (C=O) groups is 2. The van der Waals surface area contributed by atoms with Crippen LogP contribution < -0.4 is 0 Å². The topological polar surface area (TPSA) is 60.9 Å². The Balaban J connectivity index is 2.08. The number of nitrogens with zero attached hydrogens (tertiary/aromatic N) is 2. The third kappa shape index (κ3) is 2.73. The van der Waals surface area contributed by atoms with E-state index >= 15 is 0 Å².